The number of hydrogen-bond acceptors (Lipinski definition) is 3. The highest BCUT2D eigenvalue weighted by atomic mass is 16.5. The fraction of sp³-hybridized carbons (Fsp3) is 0.562. The summed E-state index contributed by atoms with van der Waals surface area (Å²) in [5.74, 6) is 0. The fourth-order valence-electron chi connectivity index (χ4n) is 3.04. The first-order chi connectivity index (χ1) is 10.3. The number of amides is 2. The van der Waals surface area contributed by atoms with Crippen LogP contribution in [0.3, 0.4) is 0 Å². The van der Waals surface area contributed by atoms with Crippen LogP contribution < -0.4 is 5.32 Å². The molecule has 3 rings (SSSR count). The van der Waals surface area contributed by atoms with Gasteiger partial charge in [-0.05, 0) is 25.0 Å². The van der Waals surface area contributed by atoms with Gasteiger partial charge in [0.15, 0.2) is 0 Å². The average Bonchev–Trinajstić information content (AvgIpc) is 2.93. The summed E-state index contributed by atoms with van der Waals surface area (Å²) in [6.07, 6.45) is 2.15. The number of rotatable bonds is 2. The molecule has 5 nitrogen and oxygen atoms in total. The molecule has 2 amide bonds. The van der Waals surface area contributed by atoms with Crippen LogP contribution in [-0.4, -0.2) is 61.3 Å². The molecule has 1 N–H and O–H groups in total. The topological polar surface area (TPSA) is 44.8 Å². The second-order valence-corrected chi connectivity index (χ2v) is 5.69. The van der Waals surface area contributed by atoms with Gasteiger partial charge < -0.3 is 15.0 Å². The van der Waals surface area contributed by atoms with Gasteiger partial charge in [0.25, 0.3) is 0 Å². The Morgan fingerprint density at radius 2 is 2.00 bits per heavy atom. The third-order valence-electron chi connectivity index (χ3n) is 4.26. The number of para-hydroxylation sites is 1. The maximum atomic E-state index is 12.3. The van der Waals surface area contributed by atoms with Crippen molar-refractivity contribution >= 4 is 11.7 Å². The van der Waals surface area contributed by atoms with Gasteiger partial charge in [-0.25, -0.2) is 4.79 Å². The highest BCUT2D eigenvalue weighted by Gasteiger charge is 2.26. The standard InChI is InChI=1S/C16H23N3O2/c20-16(17-14-5-2-1-3-6-14)19-9-4-8-18(10-11-19)15-7-12-21-13-15/h1-3,5-6,15H,4,7-13H2,(H,17,20). The summed E-state index contributed by atoms with van der Waals surface area (Å²) in [6.45, 7) is 5.33. The first-order valence-corrected chi connectivity index (χ1v) is 7.76. The molecule has 114 valence electrons. The lowest BCUT2D eigenvalue weighted by Crippen LogP contribution is -2.41. The third kappa shape index (κ3) is 3.74. The molecule has 1 atom stereocenters. The van der Waals surface area contributed by atoms with Crippen molar-refractivity contribution in [2.75, 3.05) is 44.7 Å². The molecule has 0 aromatic heterocycles. The molecule has 0 aliphatic carbocycles. The maximum Gasteiger partial charge on any atom is 0.321 e. The van der Waals surface area contributed by atoms with Crippen LogP contribution in [0.1, 0.15) is 12.8 Å². The van der Waals surface area contributed by atoms with Crippen molar-refractivity contribution in [2.45, 2.75) is 18.9 Å². The highest BCUT2D eigenvalue weighted by Crippen LogP contribution is 2.15. The molecule has 0 radical (unpaired) electrons. The Labute approximate surface area is 125 Å². The second kappa shape index (κ2) is 6.91. The lowest BCUT2D eigenvalue weighted by atomic mass is 10.2. The zero-order valence-corrected chi connectivity index (χ0v) is 12.3. The smallest absolute Gasteiger partial charge is 0.321 e. The van der Waals surface area contributed by atoms with Crippen molar-refractivity contribution < 1.29 is 9.53 Å². The molecule has 0 saturated carbocycles. The first kappa shape index (κ1) is 14.4. The van der Waals surface area contributed by atoms with E-state index in [1.165, 1.54) is 0 Å². The second-order valence-electron chi connectivity index (χ2n) is 5.69. The lowest BCUT2D eigenvalue weighted by molar-refractivity contribution is 0.146. The quantitative estimate of drug-likeness (QED) is 0.906. The van der Waals surface area contributed by atoms with Crippen LogP contribution in [-0.2, 0) is 4.74 Å². The summed E-state index contributed by atoms with van der Waals surface area (Å²) in [4.78, 5) is 16.7. The molecule has 0 bridgehead atoms. The van der Waals surface area contributed by atoms with Crippen LogP contribution in [0.5, 0.6) is 0 Å². The molecule has 2 saturated heterocycles. The van der Waals surface area contributed by atoms with E-state index in [0.717, 1.165) is 57.9 Å². The van der Waals surface area contributed by atoms with Crippen LogP contribution >= 0.6 is 0 Å². The monoisotopic (exact) mass is 289 g/mol. The number of benzene rings is 1. The molecule has 2 fully saturated rings. The molecule has 2 heterocycles. The molecular weight excluding hydrogens is 266 g/mol. The van der Waals surface area contributed by atoms with Gasteiger partial charge in [-0.2, -0.15) is 0 Å². The van der Waals surface area contributed by atoms with Gasteiger partial charge >= 0.3 is 6.03 Å². The number of ether oxygens (including phenoxy) is 1. The van der Waals surface area contributed by atoms with Crippen LogP contribution in [0.25, 0.3) is 0 Å². The lowest BCUT2D eigenvalue weighted by Gasteiger charge is -2.26. The molecule has 2 aliphatic rings. The zero-order valence-electron chi connectivity index (χ0n) is 12.3. The molecule has 2 aliphatic heterocycles. The average molecular weight is 289 g/mol. The number of carbonyl (C=O) groups is 1. The van der Waals surface area contributed by atoms with Gasteiger partial charge in [0.05, 0.1) is 6.61 Å². The van der Waals surface area contributed by atoms with Gasteiger partial charge in [0.1, 0.15) is 0 Å². The predicted molar refractivity (Wildman–Crippen MR) is 82.4 cm³/mol. The fourth-order valence-corrected chi connectivity index (χ4v) is 3.04. The Kier molecular flexibility index (Phi) is 4.72. The largest absolute Gasteiger partial charge is 0.380 e. The highest BCUT2D eigenvalue weighted by molar-refractivity contribution is 5.89. The first-order valence-electron chi connectivity index (χ1n) is 7.76. The Balaban J connectivity index is 1.53. The van der Waals surface area contributed by atoms with E-state index >= 15 is 0 Å². The number of carbonyl (C=O) groups excluding carboxylic acids is 1. The Bertz CT molecular complexity index is 460. The third-order valence-corrected chi connectivity index (χ3v) is 4.26. The number of nitrogens with zero attached hydrogens (tertiary/aromatic N) is 2. The molecule has 21 heavy (non-hydrogen) atoms. The van der Waals surface area contributed by atoms with E-state index in [1.54, 1.807) is 0 Å². The van der Waals surface area contributed by atoms with Crippen LogP contribution in [0.2, 0.25) is 0 Å². The summed E-state index contributed by atoms with van der Waals surface area (Å²) in [6, 6.07) is 10.2. The van der Waals surface area contributed by atoms with Crippen LogP contribution in [0, 0.1) is 0 Å². The minimum absolute atomic E-state index is 0.00530. The van der Waals surface area contributed by atoms with Gasteiger partial charge in [0, 0.05) is 44.5 Å². The van der Waals surface area contributed by atoms with Gasteiger partial charge in [-0.3, -0.25) is 4.90 Å². The number of hydrogen-bond donors (Lipinski definition) is 1. The van der Waals surface area contributed by atoms with Crippen molar-refractivity contribution in [1.82, 2.24) is 9.80 Å². The van der Waals surface area contributed by atoms with E-state index in [9.17, 15) is 4.79 Å². The molecule has 1 aromatic carbocycles. The zero-order chi connectivity index (χ0) is 14.5. The Morgan fingerprint density at radius 1 is 1.14 bits per heavy atom. The van der Waals surface area contributed by atoms with Gasteiger partial charge in [0.2, 0.25) is 0 Å². The van der Waals surface area contributed by atoms with E-state index in [2.05, 4.69) is 10.2 Å². The number of anilines is 1. The van der Waals surface area contributed by atoms with Crippen molar-refractivity contribution in [1.29, 1.82) is 0 Å². The van der Waals surface area contributed by atoms with Crippen LogP contribution in [0.4, 0.5) is 10.5 Å². The normalized spacial score (nSPS) is 23.8. The molecule has 5 heteroatoms. The number of urea groups is 1. The maximum absolute atomic E-state index is 12.3. The Morgan fingerprint density at radius 3 is 2.76 bits per heavy atom. The van der Waals surface area contributed by atoms with Crippen molar-refractivity contribution in [3.8, 4) is 0 Å². The molecule has 1 aromatic rings. The van der Waals surface area contributed by atoms with E-state index in [1.807, 2.05) is 35.2 Å². The summed E-state index contributed by atoms with van der Waals surface area (Å²) in [5, 5.41) is 2.97. The summed E-state index contributed by atoms with van der Waals surface area (Å²) in [5.41, 5.74) is 0.854. The number of nitrogens with one attached hydrogen (secondary N) is 1. The summed E-state index contributed by atoms with van der Waals surface area (Å²) < 4.78 is 5.47. The van der Waals surface area contributed by atoms with Gasteiger partial charge in [-0.1, -0.05) is 18.2 Å². The van der Waals surface area contributed by atoms with Crippen molar-refractivity contribution in [2.24, 2.45) is 0 Å². The minimum Gasteiger partial charge on any atom is -0.380 e. The molecular formula is C16H23N3O2. The van der Waals surface area contributed by atoms with E-state index in [0.29, 0.717) is 6.04 Å². The Hall–Kier alpha value is -1.59. The van der Waals surface area contributed by atoms with Gasteiger partial charge in [-0.15, -0.1) is 0 Å². The SMILES string of the molecule is O=C(Nc1ccccc1)N1CCCN(C2CCOC2)CC1. The van der Waals surface area contributed by atoms with E-state index in [-0.39, 0.29) is 6.03 Å². The van der Waals surface area contributed by atoms with Crippen LogP contribution in [0.15, 0.2) is 30.3 Å². The van der Waals surface area contributed by atoms with E-state index < -0.39 is 0 Å². The molecule has 0 spiro atoms. The predicted octanol–water partition coefficient (Wildman–Crippen LogP) is 2.02. The van der Waals surface area contributed by atoms with E-state index in [4.69, 9.17) is 4.74 Å². The van der Waals surface area contributed by atoms with Crippen molar-refractivity contribution in [3.05, 3.63) is 30.3 Å². The molecule has 1 unspecified atom stereocenters. The minimum atomic E-state index is 0.00530. The van der Waals surface area contributed by atoms with Crippen molar-refractivity contribution in [3.63, 3.8) is 0 Å². The summed E-state index contributed by atoms with van der Waals surface area (Å²) in [7, 11) is 0. The summed E-state index contributed by atoms with van der Waals surface area (Å²) >= 11 is 0.